The smallest absolute Gasteiger partial charge is 0.229 e. The molecule has 11 nitrogen and oxygen atoms in total. The maximum Gasteiger partial charge on any atom is 0.229 e. The topological polar surface area (TPSA) is 115 Å². The predicted octanol–water partition coefficient (Wildman–Crippen LogP) is 5.45. The SMILES string of the molecule is CN1CCN(C2CCN(c3cc(Cl)c(Nc4ncc(Cl)c(Nc5cc6c(cc5NS(C)(=O)=O)CCO6)n4)cc3Cl)CC2)CC1. The van der Waals surface area contributed by atoms with Gasteiger partial charge in [-0.15, -0.1) is 0 Å². The molecule has 6 rings (SSSR count). The number of anilines is 6. The summed E-state index contributed by atoms with van der Waals surface area (Å²) in [6.07, 6.45) is 5.40. The van der Waals surface area contributed by atoms with Gasteiger partial charge in [-0.25, -0.2) is 13.4 Å². The van der Waals surface area contributed by atoms with Gasteiger partial charge in [-0.2, -0.15) is 4.98 Å². The molecule has 3 N–H and O–H groups in total. The molecule has 2 saturated heterocycles. The summed E-state index contributed by atoms with van der Waals surface area (Å²) in [5, 5.41) is 7.57. The molecule has 0 amide bonds. The van der Waals surface area contributed by atoms with Crippen LogP contribution in [0, 0.1) is 0 Å². The van der Waals surface area contributed by atoms with E-state index >= 15 is 0 Å². The van der Waals surface area contributed by atoms with Crippen molar-refractivity contribution in [2.75, 3.05) is 79.4 Å². The minimum atomic E-state index is -3.54. The summed E-state index contributed by atoms with van der Waals surface area (Å²) < 4.78 is 32.3. The van der Waals surface area contributed by atoms with E-state index in [1.165, 1.54) is 6.20 Å². The van der Waals surface area contributed by atoms with E-state index in [1.807, 2.05) is 6.07 Å². The van der Waals surface area contributed by atoms with Gasteiger partial charge in [0.05, 0.1) is 51.9 Å². The van der Waals surface area contributed by atoms with Crippen LogP contribution in [0.25, 0.3) is 0 Å². The molecule has 44 heavy (non-hydrogen) atoms. The Labute approximate surface area is 272 Å². The average Bonchev–Trinajstić information content (AvgIpc) is 3.43. The molecular formula is C29H35Cl3N8O3S. The van der Waals surface area contributed by atoms with Gasteiger partial charge in [-0.3, -0.25) is 9.62 Å². The molecule has 0 saturated carbocycles. The van der Waals surface area contributed by atoms with Crippen LogP contribution in [0.4, 0.5) is 34.5 Å². The van der Waals surface area contributed by atoms with Crippen molar-refractivity contribution in [3.05, 3.63) is 51.1 Å². The van der Waals surface area contributed by atoms with E-state index in [0.717, 1.165) is 69.6 Å². The van der Waals surface area contributed by atoms with Gasteiger partial charge in [0.2, 0.25) is 16.0 Å². The van der Waals surface area contributed by atoms with E-state index < -0.39 is 10.0 Å². The highest BCUT2D eigenvalue weighted by atomic mass is 35.5. The van der Waals surface area contributed by atoms with Crippen molar-refractivity contribution >= 4 is 79.3 Å². The summed E-state index contributed by atoms with van der Waals surface area (Å²) in [5.74, 6) is 1.16. The molecule has 0 spiro atoms. The lowest BCUT2D eigenvalue weighted by molar-refractivity contribution is 0.0982. The number of piperidine rings is 1. The number of piperazine rings is 1. The van der Waals surface area contributed by atoms with Crippen LogP contribution in [0.1, 0.15) is 18.4 Å². The van der Waals surface area contributed by atoms with Crippen molar-refractivity contribution in [1.82, 2.24) is 19.8 Å². The van der Waals surface area contributed by atoms with Gasteiger partial charge in [-0.1, -0.05) is 34.8 Å². The zero-order chi connectivity index (χ0) is 31.0. The third kappa shape index (κ3) is 7.21. The van der Waals surface area contributed by atoms with E-state index in [2.05, 4.69) is 47.1 Å². The van der Waals surface area contributed by atoms with Crippen LogP contribution in [-0.4, -0.2) is 93.4 Å². The molecule has 3 aromatic rings. The van der Waals surface area contributed by atoms with Crippen molar-refractivity contribution in [3.63, 3.8) is 0 Å². The third-order valence-electron chi connectivity index (χ3n) is 8.26. The number of nitrogens with zero attached hydrogens (tertiary/aromatic N) is 5. The van der Waals surface area contributed by atoms with Crippen LogP contribution in [0.5, 0.6) is 5.75 Å². The van der Waals surface area contributed by atoms with E-state index in [1.54, 1.807) is 18.2 Å². The Hall–Kier alpha value is -2.74. The first kappa shape index (κ1) is 31.3. The Bertz CT molecular complexity index is 1650. The number of fused-ring (bicyclic) bond motifs is 1. The molecule has 2 fully saturated rings. The molecular weight excluding hydrogens is 647 g/mol. The zero-order valence-electron chi connectivity index (χ0n) is 24.5. The van der Waals surface area contributed by atoms with Gasteiger partial charge in [0, 0.05) is 57.8 Å². The fourth-order valence-corrected chi connectivity index (χ4v) is 7.10. The summed E-state index contributed by atoms with van der Waals surface area (Å²) >= 11 is 20.0. The Morgan fingerprint density at radius 3 is 2.36 bits per heavy atom. The predicted molar refractivity (Wildman–Crippen MR) is 178 cm³/mol. The summed E-state index contributed by atoms with van der Waals surface area (Å²) in [6, 6.07) is 7.74. The number of aromatic nitrogens is 2. The third-order valence-corrected chi connectivity index (χ3v) is 9.75. The van der Waals surface area contributed by atoms with E-state index in [-0.39, 0.29) is 16.8 Å². The van der Waals surface area contributed by atoms with Crippen molar-refractivity contribution in [2.45, 2.75) is 25.3 Å². The summed E-state index contributed by atoms with van der Waals surface area (Å²) in [7, 11) is -1.36. The number of hydrogen-bond donors (Lipinski definition) is 3. The number of likely N-dealkylation sites (N-methyl/N-ethyl adjacent to an activating group) is 1. The van der Waals surface area contributed by atoms with Crippen LogP contribution in [-0.2, 0) is 16.4 Å². The normalized spacial score (nSPS) is 18.2. The highest BCUT2D eigenvalue weighted by Gasteiger charge is 2.28. The standard InChI is InChI=1S/C29H35Cl3N8O3S/c1-38-8-10-39(11-9-38)19-3-6-40(7-4-19)26-15-20(30)23(14-21(26)31)35-29-33-17-22(32)28(36-29)34-24-16-27-18(5-12-43-27)13-25(24)37-44(2,41)42/h13-17,19,37H,3-12H2,1-2H3,(H2,33,34,35,36). The Balaban J connectivity index is 1.16. The Morgan fingerprint density at radius 2 is 1.64 bits per heavy atom. The molecule has 1 aromatic heterocycles. The minimum absolute atomic E-state index is 0.227. The summed E-state index contributed by atoms with van der Waals surface area (Å²) in [6.45, 7) is 6.84. The van der Waals surface area contributed by atoms with Gasteiger partial charge in [0.1, 0.15) is 10.8 Å². The second-order valence-electron chi connectivity index (χ2n) is 11.5. The lowest BCUT2D eigenvalue weighted by Crippen LogP contribution is -2.52. The zero-order valence-corrected chi connectivity index (χ0v) is 27.6. The van der Waals surface area contributed by atoms with Crippen LogP contribution in [0.2, 0.25) is 15.1 Å². The Kier molecular flexibility index (Phi) is 9.19. The minimum Gasteiger partial charge on any atom is -0.493 e. The average molecular weight is 682 g/mol. The molecule has 4 heterocycles. The van der Waals surface area contributed by atoms with Gasteiger partial charge in [0.25, 0.3) is 0 Å². The number of halogens is 3. The quantitative estimate of drug-likeness (QED) is 0.284. The lowest BCUT2D eigenvalue weighted by Gasteiger charge is -2.42. The first-order valence-electron chi connectivity index (χ1n) is 14.5. The number of rotatable bonds is 8. The van der Waals surface area contributed by atoms with E-state index in [0.29, 0.717) is 51.9 Å². The monoisotopic (exact) mass is 680 g/mol. The molecule has 236 valence electrons. The lowest BCUT2D eigenvalue weighted by atomic mass is 10.0. The molecule has 0 aliphatic carbocycles. The summed E-state index contributed by atoms with van der Waals surface area (Å²) in [4.78, 5) is 16.1. The number of sulfonamides is 1. The van der Waals surface area contributed by atoms with Crippen molar-refractivity contribution in [2.24, 2.45) is 0 Å². The summed E-state index contributed by atoms with van der Waals surface area (Å²) in [5.41, 5.74) is 3.16. The molecule has 0 radical (unpaired) electrons. The van der Waals surface area contributed by atoms with E-state index in [4.69, 9.17) is 39.5 Å². The Morgan fingerprint density at radius 1 is 0.886 bits per heavy atom. The highest BCUT2D eigenvalue weighted by molar-refractivity contribution is 7.92. The van der Waals surface area contributed by atoms with Crippen LogP contribution < -0.4 is 25.0 Å². The second-order valence-corrected chi connectivity index (χ2v) is 14.4. The fraction of sp³-hybridized carbons (Fsp3) is 0.448. The molecule has 0 atom stereocenters. The maximum absolute atomic E-state index is 12.0. The van der Waals surface area contributed by atoms with Crippen molar-refractivity contribution in [1.29, 1.82) is 0 Å². The molecule has 3 aliphatic heterocycles. The largest absolute Gasteiger partial charge is 0.493 e. The first-order valence-corrected chi connectivity index (χ1v) is 17.6. The number of ether oxygens (including phenoxy) is 1. The van der Waals surface area contributed by atoms with Gasteiger partial charge >= 0.3 is 0 Å². The van der Waals surface area contributed by atoms with Crippen molar-refractivity contribution in [3.8, 4) is 5.75 Å². The number of hydrogen-bond acceptors (Lipinski definition) is 10. The molecule has 2 aromatic carbocycles. The molecule has 15 heteroatoms. The van der Waals surface area contributed by atoms with Crippen LogP contribution >= 0.6 is 34.8 Å². The molecule has 0 unspecified atom stereocenters. The van der Waals surface area contributed by atoms with Crippen molar-refractivity contribution < 1.29 is 13.2 Å². The van der Waals surface area contributed by atoms with Crippen LogP contribution in [0.15, 0.2) is 30.5 Å². The second kappa shape index (κ2) is 12.9. The van der Waals surface area contributed by atoms with Gasteiger partial charge in [0.15, 0.2) is 5.82 Å². The first-order chi connectivity index (χ1) is 21.0. The molecule has 3 aliphatic rings. The number of benzene rings is 2. The van der Waals surface area contributed by atoms with Gasteiger partial charge in [-0.05, 0) is 43.7 Å². The van der Waals surface area contributed by atoms with E-state index in [9.17, 15) is 8.42 Å². The fourth-order valence-electron chi connectivity index (χ4n) is 5.91. The van der Waals surface area contributed by atoms with Gasteiger partial charge < -0.3 is 25.2 Å². The number of nitrogens with one attached hydrogen (secondary N) is 3. The maximum atomic E-state index is 12.0. The highest BCUT2D eigenvalue weighted by Crippen LogP contribution is 2.39. The molecule has 0 bridgehead atoms. The van der Waals surface area contributed by atoms with Crippen LogP contribution in [0.3, 0.4) is 0 Å².